The Morgan fingerprint density at radius 2 is 1.95 bits per heavy atom. The van der Waals surface area contributed by atoms with Crippen LogP contribution in [0.4, 0.5) is 10.1 Å². The predicted molar refractivity (Wildman–Crippen MR) is 77.1 cm³/mol. The van der Waals surface area contributed by atoms with Crippen LogP contribution < -0.4 is 5.73 Å². The van der Waals surface area contributed by atoms with E-state index in [9.17, 15) is 12.8 Å². The Morgan fingerprint density at radius 3 is 2.60 bits per heavy atom. The highest BCUT2D eigenvalue weighted by molar-refractivity contribution is 7.89. The zero-order valence-electron chi connectivity index (χ0n) is 12.0. The van der Waals surface area contributed by atoms with Crippen LogP contribution in [0, 0.1) is 17.7 Å². The summed E-state index contributed by atoms with van der Waals surface area (Å²) in [6.45, 7) is 6.41. The monoisotopic (exact) mass is 300 g/mol. The minimum Gasteiger partial charge on any atom is -0.398 e. The summed E-state index contributed by atoms with van der Waals surface area (Å²) in [5.74, 6) is -0.0439. The maximum Gasteiger partial charge on any atom is 0.245 e. The molecule has 1 aromatic carbocycles. The van der Waals surface area contributed by atoms with E-state index < -0.39 is 15.8 Å². The van der Waals surface area contributed by atoms with Gasteiger partial charge in [-0.05, 0) is 43.4 Å². The molecule has 2 N–H and O–H groups in total. The van der Waals surface area contributed by atoms with Gasteiger partial charge in [-0.15, -0.1) is 0 Å². The molecular formula is C14H21FN2O2S. The summed E-state index contributed by atoms with van der Waals surface area (Å²) in [4.78, 5) is -0.134. The molecular weight excluding hydrogens is 279 g/mol. The third-order valence-corrected chi connectivity index (χ3v) is 6.11. The van der Waals surface area contributed by atoms with E-state index in [1.807, 2.05) is 20.8 Å². The number of sulfonamides is 1. The average Bonchev–Trinajstić information content (AvgIpc) is 2.36. The highest BCUT2D eigenvalue weighted by Crippen LogP contribution is 2.33. The number of benzene rings is 1. The first-order chi connectivity index (χ1) is 9.23. The van der Waals surface area contributed by atoms with Gasteiger partial charge in [-0.3, -0.25) is 0 Å². The summed E-state index contributed by atoms with van der Waals surface area (Å²) in [5, 5.41) is 0. The Hall–Kier alpha value is -1.14. The number of nitrogen functional groups attached to an aromatic ring is 1. The summed E-state index contributed by atoms with van der Waals surface area (Å²) < 4.78 is 40.3. The van der Waals surface area contributed by atoms with Crippen molar-refractivity contribution in [2.75, 3.05) is 12.3 Å². The topological polar surface area (TPSA) is 63.4 Å². The number of nitrogens with zero attached hydrogens (tertiary/aromatic N) is 1. The Kier molecular flexibility index (Phi) is 4.07. The zero-order chi connectivity index (χ0) is 15.1. The molecule has 1 aliphatic rings. The Labute approximate surface area is 119 Å². The molecule has 3 atom stereocenters. The van der Waals surface area contributed by atoms with Gasteiger partial charge in [0, 0.05) is 12.6 Å². The molecule has 0 aliphatic carbocycles. The van der Waals surface area contributed by atoms with Crippen LogP contribution in [-0.2, 0) is 10.0 Å². The van der Waals surface area contributed by atoms with Crippen LogP contribution in [0.15, 0.2) is 23.1 Å². The van der Waals surface area contributed by atoms with E-state index in [2.05, 4.69) is 0 Å². The molecule has 4 nitrogen and oxygen atoms in total. The second-order valence-electron chi connectivity index (χ2n) is 5.82. The van der Waals surface area contributed by atoms with E-state index in [4.69, 9.17) is 5.73 Å². The second kappa shape index (κ2) is 5.33. The highest BCUT2D eigenvalue weighted by Gasteiger charge is 2.38. The van der Waals surface area contributed by atoms with Crippen molar-refractivity contribution in [3.63, 3.8) is 0 Å². The molecule has 0 amide bonds. The van der Waals surface area contributed by atoms with Crippen LogP contribution in [0.2, 0.25) is 0 Å². The summed E-state index contributed by atoms with van der Waals surface area (Å²) >= 11 is 0. The van der Waals surface area contributed by atoms with Crippen molar-refractivity contribution in [1.29, 1.82) is 0 Å². The molecule has 2 rings (SSSR count). The molecule has 1 saturated heterocycles. The lowest BCUT2D eigenvalue weighted by atomic mass is 9.88. The van der Waals surface area contributed by atoms with Crippen LogP contribution in [0.3, 0.4) is 0 Å². The number of anilines is 1. The van der Waals surface area contributed by atoms with Gasteiger partial charge in [0.2, 0.25) is 10.0 Å². The third kappa shape index (κ3) is 2.67. The van der Waals surface area contributed by atoms with Crippen LogP contribution in [-0.4, -0.2) is 25.3 Å². The van der Waals surface area contributed by atoms with Gasteiger partial charge in [-0.25, -0.2) is 12.8 Å². The molecule has 20 heavy (non-hydrogen) atoms. The zero-order valence-corrected chi connectivity index (χ0v) is 12.8. The van der Waals surface area contributed by atoms with Gasteiger partial charge < -0.3 is 5.73 Å². The van der Waals surface area contributed by atoms with Crippen molar-refractivity contribution in [2.24, 2.45) is 11.8 Å². The lowest BCUT2D eigenvalue weighted by Crippen LogP contribution is -2.48. The summed E-state index contributed by atoms with van der Waals surface area (Å²) in [7, 11) is -3.76. The molecule has 3 unspecified atom stereocenters. The van der Waals surface area contributed by atoms with Crippen molar-refractivity contribution in [3.8, 4) is 0 Å². The van der Waals surface area contributed by atoms with Crippen molar-refractivity contribution in [2.45, 2.75) is 38.1 Å². The van der Waals surface area contributed by atoms with Crippen molar-refractivity contribution >= 4 is 15.7 Å². The van der Waals surface area contributed by atoms with Gasteiger partial charge in [-0.2, -0.15) is 4.31 Å². The first-order valence-corrected chi connectivity index (χ1v) is 8.24. The molecule has 6 heteroatoms. The maximum absolute atomic E-state index is 13.4. The first-order valence-electron chi connectivity index (χ1n) is 6.80. The van der Waals surface area contributed by atoms with E-state index in [0.29, 0.717) is 6.54 Å². The molecule has 0 aromatic heterocycles. The molecule has 0 bridgehead atoms. The smallest absolute Gasteiger partial charge is 0.245 e. The van der Waals surface area contributed by atoms with Crippen LogP contribution in [0.25, 0.3) is 0 Å². The summed E-state index contributed by atoms with van der Waals surface area (Å²) in [6.07, 6.45) is 0.992. The maximum atomic E-state index is 13.4. The van der Waals surface area contributed by atoms with Crippen molar-refractivity contribution in [1.82, 2.24) is 4.31 Å². The number of halogens is 1. The van der Waals surface area contributed by atoms with Crippen LogP contribution in [0.1, 0.15) is 27.2 Å². The predicted octanol–water partition coefficient (Wildman–Crippen LogP) is 2.46. The SMILES string of the molecule is CC1CC(C)C(C)N(S(=O)(=O)c2cc(F)ccc2N)C1. The molecule has 0 spiro atoms. The van der Waals surface area contributed by atoms with Gasteiger partial charge in [0.25, 0.3) is 0 Å². The Morgan fingerprint density at radius 1 is 1.30 bits per heavy atom. The van der Waals surface area contributed by atoms with Gasteiger partial charge in [0.15, 0.2) is 0 Å². The fourth-order valence-corrected chi connectivity index (χ4v) is 4.81. The number of piperidine rings is 1. The molecule has 112 valence electrons. The van der Waals surface area contributed by atoms with E-state index in [1.54, 1.807) is 0 Å². The van der Waals surface area contributed by atoms with Crippen molar-refractivity contribution in [3.05, 3.63) is 24.0 Å². The lowest BCUT2D eigenvalue weighted by Gasteiger charge is -2.40. The Balaban J connectivity index is 2.46. The molecule has 1 fully saturated rings. The van der Waals surface area contributed by atoms with Crippen LogP contribution >= 0.6 is 0 Å². The number of nitrogens with two attached hydrogens (primary N) is 1. The third-order valence-electron chi connectivity index (χ3n) is 4.11. The van der Waals surface area contributed by atoms with Gasteiger partial charge in [0.1, 0.15) is 10.7 Å². The van der Waals surface area contributed by atoms with Gasteiger partial charge in [-0.1, -0.05) is 13.8 Å². The fourth-order valence-electron chi connectivity index (χ4n) is 2.84. The average molecular weight is 300 g/mol. The molecule has 0 saturated carbocycles. The number of hydrogen-bond acceptors (Lipinski definition) is 3. The molecule has 1 aromatic rings. The fraction of sp³-hybridized carbons (Fsp3) is 0.571. The van der Waals surface area contributed by atoms with E-state index in [0.717, 1.165) is 12.5 Å². The number of hydrogen-bond donors (Lipinski definition) is 1. The quantitative estimate of drug-likeness (QED) is 0.853. The largest absolute Gasteiger partial charge is 0.398 e. The lowest BCUT2D eigenvalue weighted by molar-refractivity contribution is 0.157. The minimum absolute atomic E-state index is 0.0875. The second-order valence-corrected chi connectivity index (χ2v) is 7.67. The van der Waals surface area contributed by atoms with E-state index in [-0.39, 0.29) is 28.5 Å². The standard InChI is InChI=1S/C14H21FN2O2S/c1-9-6-10(2)11(3)17(8-9)20(18,19)14-7-12(15)4-5-13(14)16/h4-5,7,9-11H,6,8,16H2,1-3H3. The molecule has 1 heterocycles. The molecule has 0 radical (unpaired) electrons. The summed E-state index contributed by atoms with van der Waals surface area (Å²) in [6, 6.07) is 3.35. The van der Waals surface area contributed by atoms with Gasteiger partial charge >= 0.3 is 0 Å². The van der Waals surface area contributed by atoms with E-state index in [1.165, 1.54) is 16.4 Å². The Bertz CT molecular complexity index is 603. The van der Waals surface area contributed by atoms with E-state index >= 15 is 0 Å². The van der Waals surface area contributed by atoms with Crippen LogP contribution in [0.5, 0.6) is 0 Å². The highest BCUT2D eigenvalue weighted by atomic mass is 32.2. The molecule has 1 aliphatic heterocycles. The normalized spacial score (nSPS) is 28.5. The first kappa shape index (κ1) is 15.3. The minimum atomic E-state index is -3.76. The number of rotatable bonds is 2. The van der Waals surface area contributed by atoms with Gasteiger partial charge in [0.05, 0.1) is 5.69 Å². The van der Waals surface area contributed by atoms with Crippen molar-refractivity contribution < 1.29 is 12.8 Å². The summed E-state index contributed by atoms with van der Waals surface area (Å²) in [5.41, 5.74) is 5.81.